The molecule has 0 aromatic rings. The van der Waals surface area contributed by atoms with Gasteiger partial charge in [-0.05, 0) is 31.8 Å². The van der Waals surface area contributed by atoms with E-state index in [2.05, 4.69) is 33.9 Å². The van der Waals surface area contributed by atoms with Gasteiger partial charge in [0.25, 0.3) is 0 Å². The maximum absolute atomic E-state index is 8.03. The minimum atomic E-state index is 0.418. The standard InChI is InChI=1S/C8H18N4S2/c1-8(14-13)10-6-4-2-3-5-7-11-12-9/h8,10,13H,2-7H2,1H3. The third-order valence-corrected chi connectivity index (χ3v) is 3.27. The summed E-state index contributed by atoms with van der Waals surface area (Å²) in [6.45, 7) is 3.77. The highest BCUT2D eigenvalue weighted by Crippen LogP contribution is 2.10. The maximum atomic E-state index is 8.03. The summed E-state index contributed by atoms with van der Waals surface area (Å²) in [5.41, 5.74) is 8.03. The van der Waals surface area contributed by atoms with Crippen LogP contribution in [0.25, 0.3) is 10.4 Å². The predicted molar refractivity (Wildman–Crippen MR) is 66.5 cm³/mol. The molecule has 0 bridgehead atoms. The molecule has 0 rings (SSSR count). The second-order valence-corrected chi connectivity index (χ2v) is 4.62. The minimum absolute atomic E-state index is 0.418. The van der Waals surface area contributed by atoms with E-state index in [0.29, 0.717) is 11.9 Å². The molecule has 0 saturated heterocycles. The van der Waals surface area contributed by atoms with Gasteiger partial charge in [-0.15, -0.1) is 11.7 Å². The molecule has 4 nitrogen and oxygen atoms in total. The summed E-state index contributed by atoms with van der Waals surface area (Å²) in [6.07, 6.45) is 4.51. The van der Waals surface area contributed by atoms with Gasteiger partial charge in [0.05, 0.1) is 5.37 Å². The summed E-state index contributed by atoms with van der Waals surface area (Å²) in [4.78, 5) is 2.71. The van der Waals surface area contributed by atoms with Gasteiger partial charge in [0.1, 0.15) is 0 Å². The smallest absolute Gasteiger partial charge is 0.0605 e. The van der Waals surface area contributed by atoms with Crippen molar-refractivity contribution < 1.29 is 0 Å². The Kier molecular flexibility index (Phi) is 11.0. The van der Waals surface area contributed by atoms with Crippen LogP contribution in [0.5, 0.6) is 0 Å². The normalized spacial score (nSPS) is 12.1. The van der Waals surface area contributed by atoms with Crippen molar-refractivity contribution in [2.24, 2.45) is 5.11 Å². The zero-order chi connectivity index (χ0) is 10.6. The fraction of sp³-hybridized carbons (Fsp3) is 1.00. The topological polar surface area (TPSA) is 60.8 Å². The van der Waals surface area contributed by atoms with Crippen LogP contribution in [-0.2, 0) is 0 Å². The van der Waals surface area contributed by atoms with E-state index in [1.165, 1.54) is 23.6 Å². The molecule has 0 fully saturated rings. The molecule has 0 aliphatic carbocycles. The summed E-state index contributed by atoms with van der Waals surface area (Å²) in [6, 6.07) is 0. The molecule has 82 valence electrons. The quantitative estimate of drug-likeness (QED) is 0.122. The molecule has 0 aliphatic heterocycles. The Morgan fingerprint density at radius 2 is 2.14 bits per heavy atom. The highest BCUT2D eigenvalue weighted by Gasteiger charge is 1.96. The predicted octanol–water partition coefficient (Wildman–Crippen LogP) is 3.37. The molecule has 6 heteroatoms. The number of unbranched alkanes of at least 4 members (excludes halogenated alkanes) is 3. The van der Waals surface area contributed by atoms with Crippen LogP contribution in [0.4, 0.5) is 0 Å². The molecular formula is C8H18N4S2. The first-order chi connectivity index (χ1) is 6.81. The lowest BCUT2D eigenvalue weighted by Gasteiger charge is -2.09. The van der Waals surface area contributed by atoms with E-state index >= 15 is 0 Å². The van der Waals surface area contributed by atoms with Crippen molar-refractivity contribution in [3.63, 3.8) is 0 Å². The van der Waals surface area contributed by atoms with E-state index in [9.17, 15) is 0 Å². The largest absolute Gasteiger partial charge is 0.305 e. The molecule has 0 aliphatic rings. The van der Waals surface area contributed by atoms with E-state index in [4.69, 9.17) is 5.53 Å². The van der Waals surface area contributed by atoms with Crippen molar-refractivity contribution in [3.8, 4) is 0 Å². The van der Waals surface area contributed by atoms with Crippen LogP contribution in [0.3, 0.4) is 0 Å². The van der Waals surface area contributed by atoms with Crippen molar-refractivity contribution in [1.29, 1.82) is 0 Å². The number of hydrogen-bond donors (Lipinski definition) is 2. The first-order valence-corrected chi connectivity index (χ1v) is 6.79. The third-order valence-electron chi connectivity index (χ3n) is 1.84. The number of rotatable bonds is 9. The van der Waals surface area contributed by atoms with Gasteiger partial charge >= 0.3 is 0 Å². The lowest BCUT2D eigenvalue weighted by Crippen LogP contribution is -2.22. The zero-order valence-corrected chi connectivity index (χ0v) is 10.2. The van der Waals surface area contributed by atoms with Gasteiger partial charge in [-0.1, -0.05) is 28.7 Å². The molecule has 14 heavy (non-hydrogen) atoms. The van der Waals surface area contributed by atoms with Gasteiger partial charge in [-0.3, -0.25) is 0 Å². The Bertz CT molecular complexity index is 171. The summed E-state index contributed by atoms with van der Waals surface area (Å²) in [5, 5.41) is 7.24. The second-order valence-electron chi connectivity index (χ2n) is 3.07. The third kappa shape index (κ3) is 10.1. The van der Waals surface area contributed by atoms with Crippen molar-refractivity contribution >= 4 is 22.5 Å². The Morgan fingerprint density at radius 1 is 1.43 bits per heavy atom. The van der Waals surface area contributed by atoms with Gasteiger partial charge in [0.15, 0.2) is 0 Å². The van der Waals surface area contributed by atoms with Gasteiger partial charge < -0.3 is 5.32 Å². The summed E-state index contributed by atoms with van der Waals surface area (Å²) in [7, 11) is 1.53. The Morgan fingerprint density at radius 3 is 2.79 bits per heavy atom. The molecule has 0 amide bonds. The molecule has 0 spiro atoms. The van der Waals surface area contributed by atoms with Crippen LogP contribution in [0.15, 0.2) is 5.11 Å². The minimum Gasteiger partial charge on any atom is -0.305 e. The van der Waals surface area contributed by atoms with Crippen LogP contribution < -0.4 is 5.32 Å². The molecule has 0 saturated carbocycles. The lowest BCUT2D eigenvalue weighted by atomic mass is 10.2. The summed E-state index contributed by atoms with van der Waals surface area (Å²) >= 11 is 4.11. The molecular weight excluding hydrogens is 216 g/mol. The number of thiol groups is 1. The highest BCUT2D eigenvalue weighted by molar-refractivity contribution is 8.68. The Hall–Kier alpha value is -0.0300. The lowest BCUT2D eigenvalue weighted by molar-refractivity contribution is 0.589. The number of nitrogens with one attached hydrogen (secondary N) is 1. The van der Waals surface area contributed by atoms with E-state index < -0.39 is 0 Å². The van der Waals surface area contributed by atoms with Crippen LogP contribution in [0, 0.1) is 0 Å². The van der Waals surface area contributed by atoms with E-state index in [1.54, 1.807) is 0 Å². The zero-order valence-electron chi connectivity index (χ0n) is 8.52. The second kappa shape index (κ2) is 11.0. The number of hydrogen-bond acceptors (Lipinski definition) is 4. The summed E-state index contributed by atoms with van der Waals surface area (Å²) < 4.78 is 0. The Labute approximate surface area is 94.7 Å². The molecule has 0 radical (unpaired) electrons. The van der Waals surface area contributed by atoms with E-state index in [1.807, 2.05) is 0 Å². The van der Waals surface area contributed by atoms with E-state index in [0.717, 1.165) is 19.4 Å². The Balaban J connectivity index is 3.02. The fourth-order valence-corrected chi connectivity index (χ4v) is 1.46. The van der Waals surface area contributed by atoms with Crippen LogP contribution >= 0.6 is 22.5 Å². The van der Waals surface area contributed by atoms with Crippen molar-refractivity contribution in [2.45, 2.75) is 38.0 Å². The highest BCUT2D eigenvalue weighted by atomic mass is 33.1. The first-order valence-electron chi connectivity index (χ1n) is 4.85. The maximum Gasteiger partial charge on any atom is 0.0605 e. The van der Waals surface area contributed by atoms with Gasteiger partial charge in [-0.2, -0.15) is 0 Å². The molecule has 1 atom stereocenters. The van der Waals surface area contributed by atoms with E-state index in [-0.39, 0.29) is 0 Å². The molecule has 0 aromatic carbocycles. The molecule has 1 unspecified atom stereocenters. The first kappa shape index (κ1) is 14.0. The summed E-state index contributed by atoms with van der Waals surface area (Å²) in [5.74, 6) is 0. The van der Waals surface area contributed by atoms with Crippen molar-refractivity contribution in [3.05, 3.63) is 10.4 Å². The van der Waals surface area contributed by atoms with Crippen LogP contribution in [-0.4, -0.2) is 18.5 Å². The number of nitrogens with zero attached hydrogens (tertiary/aromatic N) is 3. The van der Waals surface area contributed by atoms with Crippen LogP contribution in [0.1, 0.15) is 32.6 Å². The molecule has 0 aromatic heterocycles. The molecule has 0 heterocycles. The van der Waals surface area contributed by atoms with Gasteiger partial charge in [0.2, 0.25) is 0 Å². The van der Waals surface area contributed by atoms with Crippen LogP contribution in [0.2, 0.25) is 0 Å². The van der Waals surface area contributed by atoms with Crippen molar-refractivity contribution in [1.82, 2.24) is 5.32 Å². The van der Waals surface area contributed by atoms with Crippen molar-refractivity contribution in [2.75, 3.05) is 13.1 Å². The average molecular weight is 234 g/mol. The monoisotopic (exact) mass is 234 g/mol. The van der Waals surface area contributed by atoms with Gasteiger partial charge in [-0.25, -0.2) is 0 Å². The van der Waals surface area contributed by atoms with Gasteiger partial charge in [0, 0.05) is 11.5 Å². The molecule has 1 N–H and O–H groups in total. The average Bonchev–Trinajstić information content (AvgIpc) is 2.21. The number of azide groups is 1. The fourth-order valence-electron chi connectivity index (χ4n) is 1.05. The SMILES string of the molecule is CC(NCCCCCCN=[N+]=[N-])SS.